The molecule has 0 aliphatic rings. The largest absolute Gasteiger partial charge is 0.395 e. The van der Waals surface area contributed by atoms with E-state index in [4.69, 9.17) is 5.11 Å². The van der Waals surface area contributed by atoms with Crippen LogP contribution in [-0.2, 0) is 4.79 Å². The predicted molar refractivity (Wildman–Crippen MR) is 52.8 cm³/mol. The van der Waals surface area contributed by atoms with Crippen LogP contribution >= 0.6 is 0 Å². The van der Waals surface area contributed by atoms with E-state index in [9.17, 15) is 13.6 Å². The van der Waals surface area contributed by atoms with Gasteiger partial charge in [-0.15, -0.1) is 0 Å². The third-order valence-corrected chi connectivity index (χ3v) is 2.07. The van der Waals surface area contributed by atoms with E-state index in [0.717, 1.165) is 0 Å². The molecule has 4 nitrogen and oxygen atoms in total. The molecule has 0 aromatic heterocycles. The summed E-state index contributed by atoms with van der Waals surface area (Å²) in [6, 6.07) is 0. The summed E-state index contributed by atoms with van der Waals surface area (Å²) >= 11 is 0. The number of rotatable bonds is 7. The van der Waals surface area contributed by atoms with Crippen LogP contribution in [0, 0.1) is 0 Å². The van der Waals surface area contributed by atoms with Gasteiger partial charge in [0.2, 0.25) is 5.91 Å². The molecule has 0 aromatic rings. The van der Waals surface area contributed by atoms with E-state index in [2.05, 4.69) is 0 Å². The Kier molecular flexibility index (Phi) is 7.15. The van der Waals surface area contributed by atoms with Crippen molar-refractivity contribution in [3.63, 3.8) is 0 Å². The first-order valence-corrected chi connectivity index (χ1v) is 4.86. The van der Waals surface area contributed by atoms with Crippen LogP contribution in [0.4, 0.5) is 8.78 Å². The summed E-state index contributed by atoms with van der Waals surface area (Å²) < 4.78 is 24.2. The topological polar surface area (TPSA) is 43.8 Å². The van der Waals surface area contributed by atoms with Gasteiger partial charge in [-0.1, -0.05) is 0 Å². The van der Waals surface area contributed by atoms with Gasteiger partial charge >= 0.3 is 0 Å². The lowest BCUT2D eigenvalue weighted by atomic mass is 10.4. The zero-order valence-corrected chi connectivity index (χ0v) is 9.12. The molecule has 0 atom stereocenters. The van der Waals surface area contributed by atoms with Gasteiger partial charge in [-0.05, 0) is 6.92 Å². The van der Waals surface area contributed by atoms with Gasteiger partial charge in [-0.3, -0.25) is 9.69 Å². The van der Waals surface area contributed by atoms with Gasteiger partial charge < -0.3 is 10.0 Å². The fraction of sp³-hybridized carbons (Fsp3) is 0.889. The Hall–Kier alpha value is -0.750. The van der Waals surface area contributed by atoms with Gasteiger partial charge in [0.1, 0.15) is 0 Å². The lowest BCUT2D eigenvalue weighted by Gasteiger charge is -2.23. The van der Waals surface area contributed by atoms with Crippen molar-refractivity contribution < 1.29 is 18.7 Å². The number of likely N-dealkylation sites (N-methyl/N-ethyl adjacent to an activating group) is 1. The van der Waals surface area contributed by atoms with Gasteiger partial charge in [0.15, 0.2) is 0 Å². The minimum atomic E-state index is -2.49. The van der Waals surface area contributed by atoms with Crippen molar-refractivity contribution in [1.29, 1.82) is 0 Å². The Morgan fingerprint density at radius 1 is 1.47 bits per heavy atom. The number of carbonyl (C=O) groups is 1. The zero-order chi connectivity index (χ0) is 11.8. The normalized spacial score (nSPS) is 11.1. The molecule has 0 aliphatic heterocycles. The first-order valence-electron chi connectivity index (χ1n) is 4.86. The second-order valence-corrected chi connectivity index (χ2v) is 3.26. The number of carbonyl (C=O) groups excluding carboxylic acids is 1. The Labute approximate surface area is 88.5 Å². The molecule has 0 bridgehead atoms. The molecule has 0 aromatic carbocycles. The third-order valence-electron chi connectivity index (χ3n) is 2.07. The first-order chi connectivity index (χ1) is 7.01. The van der Waals surface area contributed by atoms with Crippen LogP contribution in [0.25, 0.3) is 0 Å². The van der Waals surface area contributed by atoms with E-state index in [0.29, 0.717) is 6.54 Å². The van der Waals surface area contributed by atoms with Gasteiger partial charge in [0.05, 0.1) is 19.7 Å². The highest BCUT2D eigenvalue weighted by atomic mass is 19.3. The van der Waals surface area contributed by atoms with Gasteiger partial charge in [0, 0.05) is 20.1 Å². The van der Waals surface area contributed by atoms with E-state index in [1.165, 1.54) is 9.80 Å². The lowest BCUT2D eigenvalue weighted by Crippen LogP contribution is -2.41. The summed E-state index contributed by atoms with van der Waals surface area (Å²) in [6.07, 6.45) is -2.49. The Morgan fingerprint density at radius 3 is 2.47 bits per heavy atom. The highest BCUT2D eigenvalue weighted by Crippen LogP contribution is 1.99. The number of alkyl halides is 2. The Bertz CT molecular complexity index is 191. The van der Waals surface area contributed by atoms with Crippen LogP contribution in [-0.4, -0.2) is 67.1 Å². The molecular formula is C9H18F2N2O2. The molecule has 0 heterocycles. The number of aliphatic hydroxyl groups excluding tert-OH is 1. The van der Waals surface area contributed by atoms with E-state index >= 15 is 0 Å². The highest BCUT2D eigenvalue weighted by Gasteiger charge is 2.16. The first kappa shape index (κ1) is 14.2. The number of aliphatic hydroxyl groups is 1. The van der Waals surface area contributed by atoms with E-state index in [-0.39, 0.29) is 25.6 Å². The second kappa shape index (κ2) is 7.53. The predicted octanol–water partition coefficient (Wildman–Crippen LogP) is 0.0241. The quantitative estimate of drug-likeness (QED) is 0.663. The smallest absolute Gasteiger partial charge is 0.251 e. The maximum absolute atomic E-state index is 12.1. The summed E-state index contributed by atoms with van der Waals surface area (Å²) in [4.78, 5) is 14.1. The second-order valence-electron chi connectivity index (χ2n) is 3.26. The fourth-order valence-electron chi connectivity index (χ4n) is 1.06. The molecule has 6 heteroatoms. The van der Waals surface area contributed by atoms with Crippen molar-refractivity contribution in [2.45, 2.75) is 13.3 Å². The highest BCUT2D eigenvalue weighted by molar-refractivity contribution is 5.77. The standard InChI is InChI=1S/C9H18F2N2O2/c1-3-12(2)9(15)7-13(4-5-14)6-8(10)11/h8,14H,3-7H2,1-2H3. The average Bonchev–Trinajstić information content (AvgIpc) is 2.15. The monoisotopic (exact) mass is 224 g/mol. The maximum atomic E-state index is 12.1. The number of halogens is 2. The molecule has 0 fully saturated rings. The van der Waals surface area contributed by atoms with Crippen LogP contribution in [0.5, 0.6) is 0 Å². The number of nitrogens with zero attached hydrogens (tertiary/aromatic N) is 2. The molecule has 0 saturated heterocycles. The Balaban J connectivity index is 4.09. The lowest BCUT2D eigenvalue weighted by molar-refractivity contribution is -0.131. The van der Waals surface area contributed by atoms with E-state index < -0.39 is 13.0 Å². The molecule has 0 unspecified atom stereocenters. The van der Waals surface area contributed by atoms with Crippen molar-refractivity contribution in [2.75, 3.05) is 39.8 Å². The maximum Gasteiger partial charge on any atom is 0.251 e. The average molecular weight is 224 g/mol. The number of amides is 1. The summed E-state index contributed by atoms with van der Waals surface area (Å²) in [5, 5.41) is 8.65. The number of hydrogen-bond donors (Lipinski definition) is 1. The molecule has 90 valence electrons. The van der Waals surface area contributed by atoms with Gasteiger partial charge in [-0.25, -0.2) is 8.78 Å². The van der Waals surface area contributed by atoms with E-state index in [1.807, 2.05) is 0 Å². The van der Waals surface area contributed by atoms with Crippen molar-refractivity contribution in [3.8, 4) is 0 Å². The summed E-state index contributed by atoms with van der Waals surface area (Å²) in [6.45, 7) is 1.66. The Morgan fingerprint density at radius 2 is 2.07 bits per heavy atom. The molecular weight excluding hydrogens is 206 g/mol. The van der Waals surface area contributed by atoms with Crippen molar-refractivity contribution >= 4 is 5.91 Å². The van der Waals surface area contributed by atoms with Crippen molar-refractivity contribution in [1.82, 2.24) is 9.80 Å². The zero-order valence-electron chi connectivity index (χ0n) is 9.12. The molecule has 1 N–H and O–H groups in total. The fourth-order valence-corrected chi connectivity index (χ4v) is 1.06. The van der Waals surface area contributed by atoms with Crippen LogP contribution < -0.4 is 0 Å². The molecule has 1 amide bonds. The molecule has 0 saturated carbocycles. The molecule has 0 radical (unpaired) electrons. The van der Waals surface area contributed by atoms with Crippen molar-refractivity contribution in [2.24, 2.45) is 0 Å². The number of hydrogen-bond acceptors (Lipinski definition) is 3. The molecule has 0 rings (SSSR count). The summed E-state index contributed by atoms with van der Waals surface area (Å²) in [5.74, 6) is -0.216. The van der Waals surface area contributed by atoms with Gasteiger partial charge in [-0.2, -0.15) is 0 Å². The van der Waals surface area contributed by atoms with Crippen LogP contribution in [0.1, 0.15) is 6.92 Å². The van der Waals surface area contributed by atoms with Crippen molar-refractivity contribution in [3.05, 3.63) is 0 Å². The molecule has 0 spiro atoms. The SMILES string of the molecule is CCN(C)C(=O)CN(CCO)CC(F)F. The summed E-state index contributed by atoms with van der Waals surface area (Å²) in [5.41, 5.74) is 0. The third kappa shape index (κ3) is 6.35. The van der Waals surface area contributed by atoms with Gasteiger partial charge in [0.25, 0.3) is 6.43 Å². The molecule has 15 heavy (non-hydrogen) atoms. The minimum absolute atomic E-state index is 0.0742. The van der Waals surface area contributed by atoms with E-state index in [1.54, 1.807) is 14.0 Å². The van der Waals surface area contributed by atoms with Crippen LogP contribution in [0.3, 0.4) is 0 Å². The van der Waals surface area contributed by atoms with Crippen LogP contribution in [0.2, 0.25) is 0 Å². The minimum Gasteiger partial charge on any atom is -0.395 e. The van der Waals surface area contributed by atoms with Crippen LogP contribution in [0.15, 0.2) is 0 Å². The molecule has 0 aliphatic carbocycles. The summed E-state index contributed by atoms with van der Waals surface area (Å²) in [7, 11) is 1.61.